The lowest BCUT2D eigenvalue weighted by atomic mass is 9.84. The minimum Gasteiger partial charge on any atom is -0.486 e. The Bertz CT molecular complexity index is 622. The van der Waals surface area contributed by atoms with E-state index in [2.05, 4.69) is 31.2 Å². The monoisotopic (exact) mass is 308 g/mol. The molecule has 1 fully saturated rings. The van der Waals surface area contributed by atoms with E-state index in [9.17, 15) is 4.79 Å². The second kappa shape index (κ2) is 7.45. The smallest absolute Gasteiger partial charge is 0.150 e. The van der Waals surface area contributed by atoms with Crippen LogP contribution in [0.5, 0.6) is 5.75 Å². The fraction of sp³-hybridized carbons (Fsp3) is 0.381. The highest BCUT2D eigenvalue weighted by Gasteiger charge is 2.16. The summed E-state index contributed by atoms with van der Waals surface area (Å²) in [5.74, 6) is 1.53. The van der Waals surface area contributed by atoms with E-state index in [0.29, 0.717) is 5.56 Å². The first-order valence-corrected chi connectivity index (χ1v) is 8.58. The number of carbonyl (C=O) groups is 1. The van der Waals surface area contributed by atoms with Crippen molar-refractivity contribution >= 4 is 6.29 Å². The van der Waals surface area contributed by atoms with Gasteiger partial charge < -0.3 is 4.74 Å². The third-order valence-corrected chi connectivity index (χ3v) is 4.81. The van der Waals surface area contributed by atoms with E-state index >= 15 is 0 Å². The van der Waals surface area contributed by atoms with E-state index in [1.54, 1.807) is 12.1 Å². The van der Waals surface area contributed by atoms with Gasteiger partial charge >= 0.3 is 0 Å². The van der Waals surface area contributed by atoms with E-state index in [0.717, 1.165) is 18.0 Å². The van der Waals surface area contributed by atoms with Crippen molar-refractivity contribution in [1.82, 2.24) is 0 Å². The van der Waals surface area contributed by atoms with Gasteiger partial charge in [0, 0.05) is 5.56 Å². The van der Waals surface area contributed by atoms with Crippen LogP contribution in [0.15, 0.2) is 48.5 Å². The predicted molar refractivity (Wildman–Crippen MR) is 93.1 cm³/mol. The van der Waals surface area contributed by atoms with Crippen molar-refractivity contribution in [3.63, 3.8) is 0 Å². The molecule has 0 bridgehead atoms. The van der Waals surface area contributed by atoms with Gasteiger partial charge in [-0.25, -0.2) is 0 Å². The van der Waals surface area contributed by atoms with Crippen LogP contribution in [0.1, 0.15) is 72.5 Å². The molecule has 0 aromatic heterocycles. The molecule has 2 aromatic carbocycles. The minimum absolute atomic E-state index is 0.00233. The molecule has 0 radical (unpaired) electrons. The number of rotatable bonds is 5. The van der Waals surface area contributed by atoms with Crippen LogP contribution in [0.25, 0.3) is 0 Å². The Morgan fingerprint density at radius 2 is 1.61 bits per heavy atom. The van der Waals surface area contributed by atoms with E-state index in [1.807, 2.05) is 12.1 Å². The molecule has 0 N–H and O–H groups in total. The lowest BCUT2D eigenvalue weighted by molar-refractivity contribution is 0.112. The highest BCUT2D eigenvalue weighted by molar-refractivity contribution is 5.74. The first kappa shape index (κ1) is 15.8. The summed E-state index contributed by atoms with van der Waals surface area (Å²) < 4.78 is 5.97. The first-order valence-electron chi connectivity index (χ1n) is 8.58. The van der Waals surface area contributed by atoms with Crippen LogP contribution in [-0.2, 0) is 0 Å². The maximum absolute atomic E-state index is 10.7. The van der Waals surface area contributed by atoms with Gasteiger partial charge in [0.1, 0.15) is 18.1 Å². The fourth-order valence-corrected chi connectivity index (χ4v) is 3.37. The van der Waals surface area contributed by atoms with Crippen LogP contribution >= 0.6 is 0 Å². The number of benzene rings is 2. The Balaban J connectivity index is 1.64. The molecule has 2 heteroatoms. The average molecular weight is 308 g/mol. The van der Waals surface area contributed by atoms with E-state index in [-0.39, 0.29) is 6.10 Å². The zero-order chi connectivity index (χ0) is 16.1. The van der Waals surface area contributed by atoms with Gasteiger partial charge in [0.25, 0.3) is 0 Å². The number of aldehydes is 1. The molecule has 2 aromatic rings. The SMILES string of the molecule is C[C@H](Oc1ccc(C=O)cc1)c1ccc(C2CCCCC2)cc1. The molecule has 0 amide bonds. The van der Waals surface area contributed by atoms with Gasteiger partial charge in [-0.15, -0.1) is 0 Å². The largest absolute Gasteiger partial charge is 0.486 e. The second-order valence-electron chi connectivity index (χ2n) is 6.45. The summed E-state index contributed by atoms with van der Waals surface area (Å²) in [6.07, 6.45) is 7.62. The fourth-order valence-electron chi connectivity index (χ4n) is 3.37. The highest BCUT2D eigenvalue weighted by atomic mass is 16.5. The number of ether oxygens (including phenoxy) is 1. The highest BCUT2D eigenvalue weighted by Crippen LogP contribution is 2.33. The molecule has 1 atom stereocenters. The molecule has 1 aliphatic carbocycles. The third-order valence-electron chi connectivity index (χ3n) is 4.81. The van der Waals surface area contributed by atoms with Gasteiger partial charge in [0.15, 0.2) is 0 Å². The first-order chi connectivity index (χ1) is 11.3. The molecule has 23 heavy (non-hydrogen) atoms. The van der Waals surface area contributed by atoms with Crippen molar-refractivity contribution in [3.8, 4) is 5.75 Å². The maximum Gasteiger partial charge on any atom is 0.150 e. The van der Waals surface area contributed by atoms with Crippen molar-refractivity contribution in [2.45, 2.75) is 51.0 Å². The van der Waals surface area contributed by atoms with E-state index < -0.39 is 0 Å². The van der Waals surface area contributed by atoms with Gasteiger partial charge in [-0.2, -0.15) is 0 Å². The quantitative estimate of drug-likeness (QED) is 0.663. The summed E-state index contributed by atoms with van der Waals surface area (Å²) in [6.45, 7) is 2.06. The summed E-state index contributed by atoms with van der Waals surface area (Å²) in [4.78, 5) is 10.7. The lowest BCUT2D eigenvalue weighted by Gasteiger charge is -2.22. The van der Waals surface area contributed by atoms with Gasteiger partial charge in [-0.05, 0) is 61.1 Å². The number of carbonyl (C=O) groups excluding carboxylic acids is 1. The van der Waals surface area contributed by atoms with Crippen LogP contribution in [0.2, 0.25) is 0 Å². The Kier molecular flexibility index (Phi) is 5.12. The van der Waals surface area contributed by atoms with Crippen molar-refractivity contribution < 1.29 is 9.53 Å². The predicted octanol–water partition coefficient (Wildman–Crippen LogP) is 5.69. The van der Waals surface area contributed by atoms with Crippen molar-refractivity contribution in [2.75, 3.05) is 0 Å². The standard InChI is InChI=1S/C21H24O2/c1-16(23-21-13-7-17(15-22)8-14-21)18-9-11-20(12-10-18)19-5-3-2-4-6-19/h7-16,19H,2-6H2,1H3/t16-/m0/s1. The molecular weight excluding hydrogens is 284 g/mol. The van der Waals surface area contributed by atoms with Crippen LogP contribution in [0.3, 0.4) is 0 Å². The minimum atomic E-state index is -0.00233. The summed E-state index contributed by atoms with van der Waals surface area (Å²) in [6, 6.07) is 16.2. The van der Waals surface area contributed by atoms with Crippen molar-refractivity contribution in [1.29, 1.82) is 0 Å². The Morgan fingerprint density at radius 3 is 2.22 bits per heavy atom. The van der Waals surface area contributed by atoms with Gasteiger partial charge in [-0.1, -0.05) is 43.5 Å². The zero-order valence-corrected chi connectivity index (χ0v) is 13.7. The molecule has 0 spiro atoms. The Morgan fingerprint density at radius 1 is 0.957 bits per heavy atom. The number of hydrogen-bond donors (Lipinski definition) is 0. The molecule has 120 valence electrons. The Hall–Kier alpha value is -2.09. The zero-order valence-electron chi connectivity index (χ0n) is 13.7. The lowest BCUT2D eigenvalue weighted by Crippen LogP contribution is -2.06. The van der Waals surface area contributed by atoms with Crippen molar-refractivity contribution in [3.05, 3.63) is 65.2 Å². The summed E-state index contributed by atoms with van der Waals surface area (Å²) in [5.41, 5.74) is 3.32. The topological polar surface area (TPSA) is 26.3 Å². The van der Waals surface area contributed by atoms with Crippen LogP contribution in [0.4, 0.5) is 0 Å². The van der Waals surface area contributed by atoms with Crippen LogP contribution < -0.4 is 4.74 Å². The molecule has 0 heterocycles. The van der Waals surface area contributed by atoms with E-state index in [4.69, 9.17) is 4.74 Å². The van der Waals surface area contributed by atoms with Crippen LogP contribution in [-0.4, -0.2) is 6.29 Å². The van der Waals surface area contributed by atoms with Crippen LogP contribution in [0, 0.1) is 0 Å². The van der Waals surface area contributed by atoms with Crippen molar-refractivity contribution in [2.24, 2.45) is 0 Å². The molecule has 2 nitrogen and oxygen atoms in total. The van der Waals surface area contributed by atoms with Gasteiger partial charge in [0.05, 0.1) is 0 Å². The summed E-state index contributed by atoms with van der Waals surface area (Å²) >= 11 is 0. The van der Waals surface area contributed by atoms with E-state index in [1.165, 1.54) is 43.2 Å². The molecule has 0 unspecified atom stereocenters. The molecule has 1 saturated carbocycles. The maximum atomic E-state index is 10.7. The third kappa shape index (κ3) is 4.01. The molecule has 3 rings (SSSR count). The normalized spacial score (nSPS) is 16.7. The number of hydrogen-bond acceptors (Lipinski definition) is 2. The summed E-state index contributed by atoms with van der Waals surface area (Å²) in [5, 5.41) is 0. The summed E-state index contributed by atoms with van der Waals surface area (Å²) in [7, 11) is 0. The molecule has 1 aliphatic rings. The molecule has 0 saturated heterocycles. The molecular formula is C21H24O2. The second-order valence-corrected chi connectivity index (χ2v) is 6.45. The Labute approximate surface area is 138 Å². The van der Waals surface area contributed by atoms with Gasteiger partial charge in [-0.3, -0.25) is 4.79 Å². The average Bonchev–Trinajstić information content (AvgIpc) is 2.63. The molecule has 0 aliphatic heterocycles. The van der Waals surface area contributed by atoms with Gasteiger partial charge in [0.2, 0.25) is 0 Å².